The van der Waals surface area contributed by atoms with Crippen molar-refractivity contribution < 1.29 is 8.78 Å². The third-order valence-corrected chi connectivity index (χ3v) is 1.33. The molecule has 9 heavy (non-hydrogen) atoms. The average Bonchev–Trinajstić information content (AvgIpc) is 1.77. The van der Waals surface area contributed by atoms with Gasteiger partial charge in [-0.1, -0.05) is 0 Å². The van der Waals surface area contributed by atoms with E-state index in [1.165, 1.54) is 0 Å². The lowest BCUT2D eigenvalue weighted by Gasteiger charge is -2.19. The van der Waals surface area contributed by atoms with Crippen LogP contribution >= 0.6 is 12.4 Å². The minimum atomic E-state index is -1.27. The Morgan fingerprint density at radius 3 is 2.22 bits per heavy atom. The van der Waals surface area contributed by atoms with Gasteiger partial charge in [0.25, 0.3) is 0 Å². The summed E-state index contributed by atoms with van der Waals surface area (Å²) in [5.41, 5.74) is 0. The zero-order valence-electron chi connectivity index (χ0n) is 4.94. The van der Waals surface area contributed by atoms with Gasteiger partial charge >= 0.3 is 0 Å². The molecule has 0 radical (unpaired) electrons. The summed E-state index contributed by atoms with van der Waals surface area (Å²) in [7, 11) is 0. The van der Waals surface area contributed by atoms with Gasteiger partial charge in [-0.15, -0.1) is 12.4 Å². The maximum atomic E-state index is 12.2. The van der Waals surface area contributed by atoms with Gasteiger partial charge in [0.15, 0.2) is 0 Å². The van der Waals surface area contributed by atoms with E-state index in [4.69, 9.17) is 0 Å². The average molecular weight is 158 g/mol. The first-order valence-corrected chi connectivity index (χ1v) is 2.79. The first-order valence-electron chi connectivity index (χ1n) is 2.79. The van der Waals surface area contributed by atoms with E-state index in [1.54, 1.807) is 0 Å². The SMILES string of the molecule is Cl.F[C@@H]1CCNC[C@H]1F. The van der Waals surface area contributed by atoms with Crippen molar-refractivity contribution in [2.75, 3.05) is 13.1 Å². The Labute approximate surface area is 59.2 Å². The van der Waals surface area contributed by atoms with Gasteiger partial charge in [-0.2, -0.15) is 0 Å². The molecule has 0 spiro atoms. The number of hydrogen-bond donors (Lipinski definition) is 1. The molecule has 1 N–H and O–H groups in total. The third kappa shape index (κ3) is 2.45. The number of rotatable bonds is 0. The van der Waals surface area contributed by atoms with Crippen molar-refractivity contribution in [1.29, 1.82) is 0 Å². The highest BCUT2D eigenvalue weighted by atomic mass is 35.5. The molecule has 0 unspecified atom stereocenters. The minimum Gasteiger partial charge on any atom is -0.314 e. The number of hydrogen-bond acceptors (Lipinski definition) is 1. The van der Waals surface area contributed by atoms with Crippen LogP contribution in [0.4, 0.5) is 8.78 Å². The lowest BCUT2D eigenvalue weighted by Crippen LogP contribution is -2.39. The van der Waals surface area contributed by atoms with E-state index in [0.29, 0.717) is 13.0 Å². The van der Waals surface area contributed by atoms with E-state index < -0.39 is 12.3 Å². The summed E-state index contributed by atoms with van der Waals surface area (Å²) in [6, 6.07) is 0. The van der Waals surface area contributed by atoms with E-state index in [0.717, 1.165) is 0 Å². The van der Waals surface area contributed by atoms with E-state index in [-0.39, 0.29) is 19.0 Å². The Kier molecular flexibility index (Phi) is 4.06. The third-order valence-electron chi connectivity index (χ3n) is 1.33. The van der Waals surface area contributed by atoms with Crippen molar-refractivity contribution in [2.45, 2.75) is 18.8 Å². The van der Waals surface area contributed by atoms with Crippen molar-refractivity contribution in [3.8, 4) is 0 Å². The van der Waals surface area contributed by atoms with E-state index >= 15 is 0 Å². The molecule has 56 valence electrons. The Hall–Kier alpha value is 0.110. The first kappa shape index (κ1) is 9.11. The molecule has 4 heteroatoms. The summed E-state index contributed by atoms with van der Waals surface area (Å²) in [6.07, 6.45) is -2.18. The molecule has 1 heterocycles. The lowest BCUT2D eigenvalue weighted by atomic mass is 10.1. The molecule has 1 nitrogen and oxygen atoms in total. The van der Waals surface area contributed by atoms with Gasteiger partial charge < -0.3 is 5.32 Å². The van der Waals surface area contributed by atoms with E-state index in [9.17, 15) is 8.78 Å². The molecule has 1 fully saturated rings. The van der Waals surface area contributed by atoms with Crippen LogP contribution in [-0.4, -0.2) is 25.4 Å². The number of nitrogens with one attached hydrogen (secondary N) is 1. The Morgan fingerprint density at radius 1 is 1.22 bits per heavy atom. The second-order valence-electron chi connectivity index (χ2n) is 2.02. The molecule has 1 aliphatic heterocycles. The largest absolute Gasteiger partial charge is 0.314 e. The van der Waals surface area contributed by atoms with Crippen molar-refractivity contribution in [3.63, 3.8) is 0 Å². The second-order valence-corrected chi connectivity index (χ2v) is 2.02. The second kappa shape index (κ2) is 4.01. The van der Waals surface area contributed by atoms with Gasteiger partial charge in [-0.3, -0.25) is 0 Å². The molecule has 1 aliphatic rings. The zero-order valence-corrected chi connectivity index (χ0v) is 5.76. The Morgan fingerprint density at radius 2 is 1.89 bits per heavy atom. The topological polar surface area (TPSA) is 12.0 Å². The number of halogens is 3. The summed E-state index contributed by atoms with van der Waals surface area (Å²) in [6.45, 7) is 0.794. The van der Waals surface area contributed by atoms with Crippen molar-refractivity contribution in [1.82, 2.24) is 5.32 Å². The fourth-order valence-electron chi connectivity index (χ4n) is 0.789. The molecule has 0 saturated carbocycles. The van der Waals surface area contributed by atoms with Crippen LogP contribution < -0.4 is 5.32 Å². The van der Waals surface area contributed by atoms with Gasteiger partial charge in [-0.25, -0.2) is 8.78 Å². The van der Waals surface area contributed by atoms with Gasteiger partial charge in [0.1, 0.15) is 12.3 Å². The predicted molar refractivity (Wildman–Crippen MR) is 34.5 cm³/mol. The summed E-state index contributed by atoms with van der Waals surface area (Å²) in [5.74, 6) is 0. The van der Waals surface area contributed by atoms with Gasteiger partial charge in [0.05, 0.1) is 0 Å². The van der Waals surface area contributed by atoms with Gasteiger partial charge in [0.2, 0.25) is 0 Å². The van der Waals surface area contributed by atoms with Crippen LogP contribution in [0.15, 0.2) is 0 Å². The minimum absolute atomic E-state index is 0. The first-order chi connectivity index (χ1) is 3.80. The highest BCUT2D eigenvalue weighted by Gasteiger charge is 2.22. The Bertz CT molecular complexity index is 71.4. The molecular formula is C5H10ClF2N. The van der Waals surface area contributed by atoms with Gasteiger partial charge in [0, 0.05) is 6.54 Å². The van der Waals surface area contributed by atoms with Crippen LogP contribution in [0.3, 0.4) is 0 Å². The predicted octanol–water partition coefficient (Wildman–Crippen LogP) is 1.08. The molecule has 0 aliphatic carbocycles. The molecule has 1 rings (SSSR count). The fraction of sp³-hybridized carbons (Fsp3) is 1.00. The molecular weight excluding hydrogens is 148 g/mol. The smallest absolute Gasteiger partial charge is 0.144 e. The number of piperidine rings is 1. The molecule has 1 saturated heterocycles. The summed E-state index contributed by atoms with van der Waals surface area (Å²) >= 11 is 0. The molecule has 0 aromatic rings. The van der Waals surface area contributed by atoms with E-state index in [2.05, 4.69) is 5.32 Å². The quantitative estimate of drug-likeness (QED) is 0.555. The van der Waals surface area contributed by atoms with Crippen molar-refractivity contribution in [3.05, 3.63) is 0 Å². The summed E-state index contributed by atoms with van der Waals surface area (Å²) in [5, 5.41) is 2.75. The number of alkyl halides is 2. The van der Waals surface area contributed by atoms with Crippen molar-refractivity contribution in [2.24, 2.45) is 0 Å². The molecule has 2 atom stereocenters. The normalized spacial score (nSPS) is 35.3. The van der Waals surface area contributed by atoms with Crippen LogP contribution in [0, 0.1) is 0 Å². The highest BCUT2D eigenvalue weighted by Crippen LogP contribution is 2.10. The summed E-state index contributed by atoms with van der Waals surface area (Å²) in [4.78, 5) is 0. The lowest BCUT2D eigenvalue weighted by molar-refractivity contribution is 0.131. The monoisotopic (exact) mass is 157 g/mol. The van der Waals surface area contributed by atoms with Crippen LogP contribution in [-0.2, 0) is 0 Å². The van der Waals surface area contributed by atoms with Crippen molar-refractivity contribution >= 4 is 12.4 Å². The molecule has 0 amide bonds. The molecule has 0 aromatic carbocycles. The van der Waals surface area contributed by atoms with Crippen LogP contribution in [0.2, 0.25) is 0 Å². The van der Waals surface area contributed by atoms with Crippen LogP contribution in [0.25, 0.3) is 0 Å². The maximum absolute atomic E-state index is 12.2. The zero-order chi connectivity index (χ0) is 5.98. The molecule has 0 aromatic heterocycles. The standard InChI is InChI=1S/C5H9F2N.ClH/c6-4-1-2-8-3-5(4)7;/h4-5,8H,1-3H2;1H/t4-,5-;/m1./s1. The van der Waals surface area contributed by atoms with Crippen LogP contribution in [0.5, 0.6) is 0 Å². The molecule has 0 bridgehead atoms. The fourth-order valence-corrected chi connectivity index (χ4v) is 0.789. The summed E-state index contributed by atoms with van der Waals surface area (Å²) < 4.78 is 24.3. The Balaban J connectivity index is 0.000000640. The highest BCUT2D eigenvalue weighted by molar-refractivity contribution is 5.85. The van der Waals surface area contributed by atoms with Crippen LogP contribution in [0.1, 0.15) is 6.42 Å². The van der Waals surface area contributed by atoms with E-state index in [1.807, 2.05) is 0 Å². The van der Waals surface area contributed by atoms with Gasteiger partial charge in [-0.05, 0) is 13.0 Å². The maximum Gasteiger partial charge on any atom is 0.144 e.